The molecule has 3 aromatic rings. The van der Waals surface area contributed by atoms with Crippen molar-refractivity contribution in [1.29, 1.82) is 0 Å². The van der Waals surface area contributed by atoms with Crippen LogP contribution in [0.3, 0.4) is 0 Å². The zero-order valence-electron chi connectivity index (χ0n) is 15.1. The summed E-state index contributed by atoms with van der Waals surface area (Å²) in [4.78, 5) is 45.9. The van der Waals surface area contributed by atoms with Crippen molar-refractivity contribution in [2.75, 3.05) is 10.7 Å². The van der Waals surface area contributed by atoms with Crippen molar-refractivity contribution < 1.29 is 14.5 Å². The highest BCUT2D eigenvalue weighted by atomic mass is 16.6. The fourth-order valence-electron chi connectivity index (χ4n) is 2.34. The first-order valence-corrected chi connectivity index (χ1v) is 8.30. The number of Topliss-reactive ketones (excluding diaryl/α,β-unsaturated/α-hetero) is 1. The van der Waals surface area contributed by atoms with Gasteiger partial charge in [0.15, 0.2) is 5.78 Å². The number of nitro groups is 1. The third kappa shape index (κ3) is 4.66. The molecule has 11 heteroatoms. The van der Waals surface area contributed by atoms with E-state index in [1.807, 2.05) is 0 Å². The Bertz CT molecular complexity index is 1060. The first-order valence-electron chi connectivity index (χ1n) is 8.30. The molecular weight excluding hydrogens is 378 g/mol. The Morgan fingerprint density at radius 1 is 1.00 bits per heavy atom. The molecular formula is C18H15N7O4. The molecule has 0 aliphatic heterocycles. The van der Waals surface area contributed by atoms with Gasteiger partial charge in [0, 0.05) is 17.4 Å². The van der Waals surface area contributed by atoms with Gasteiger partial charge in [-0.1, -0.05) is 6.07 Å². The summed E-state index contributed by atoms with van der Waals surface area (Å²) >= 11 is 0. The van der Waals surface area contributed by atoms with Crippen molar-refractivity contribution in [3.8, 4) is 0 Å². The van der Waals surface area contributed by atoms with Crippen LogP contribution in [0.1, 0.15) is 27.8 Å². The fraction of sp³-hybridized carbons (Fsp3) is 0.0556. The normalized spacial score (nSPS) is 10.1. The predicted molar refractivity (Wildman–Crippen MR) is 104 cm³/mol. The molecule has 29 heavy (non-hydrogen) atoms. The Morgan fingerprint density at radius 2 is 1.72 bits per heavy atom. The van der Waals surface area contributed by atoms with Crippen molar-refractivity contribution >= 4 is 34.7 Å². The molecule has 0 aliphatic rings. The molecule has 0 saturated carbocycles. The largest absolute Gasteiger partial charge is 0.355 e. The van der Waals surface area contributed by atoms with Crippen LogP contribution in [0, 0.1) is 10.1 Å². The molecule has 0 bridgehead atoms. The molecule has 1 aromatic carbocycles. The standard InChI is InChI=1S/C18H15N7O4/c1-11(26)12-5-7-13(8-6-12)22-16-15(25(28)29)17(21-10-20-16)23-24-18(27)14-4-2-3-9-19-14/h2-10H,1H3,(H,24,27)(H2,20,21,22,23). The molecule has 0 spiro atoms. The first-order chi connectivity index (χ1) is 14.0. The van der Waals surface area contributed by atoms with E-state index in [9.17, 15) is 19.7 Å². The number of carbonyl (C=O) groups excluding carboxylic acids is 2. The number of rotatable bonds is 7. The molecule has 2 heterocycles. The van der Waals surface area contributed by atoms with Crippen LogP contribution < -0.4 is 16.2 Å². The molecule has 146 valence electrons. The lowest BCUT2D eigenvalue weighted by Gasteiger charge is -2.11. The van der Waals surface area contributed by atoms with Crippen LogP contribution in [0.2, 0.25) is 0 Å². The van der Waals surface area contributed by atoms with Gasteiger partial charge >= 0.3 is 5.69 Å². The summed E-state index contributed by atoms with van der Waals surface area (Å²) in [5, 5.41) is 14.4. The van der Waals surface area contributed by atoms with Gasteiger partial charge in [-0.2, -0.15) is 0 Å². The number of pyridine rings is 1. The minimum atomic E-state index is -0.679. The molecule has 0 unspecified atom stereocenters. The Morgan fingerprint density at radius 3 is 2.34 bits per heavy atom. The van der Waals surface area contributed by atoms with Gasteiger partial charge < -0.3 is 5.32 Å². The van der Waals surface area contributed by atoms with Crippen molar-refractivity contribution in [2.45, 2.75) is 6.92 Å². The first kappa shape index (κ1) is 19.4. The third-order valence-corrected chi connectivity index (χ3v) is 3.75. The van der Waals surface area contributed by atoms with Crippen LogP contribution in [-0.2, 0) is 0 Å². The third-order valence-electron chi connectivity index (χ3n) is 3.75. The lowest BCUT2D eigenvalue weighted by molar-refractivity contribution is -0.383. The number of hydrogen-bond donors (Lipinski definition) is 3. The van der Waals surface area contributed by atoms with Crippen LogP contribution in [0.5, 0.6) is 0 Å². The summed E-state index contributed by atoms with van der Waals surface area (Å²) in [6.45, 7) is 1.44. The summed E-state index contributed by atoms with van der Waals surface area (Å²) in [6.07, 6.45) is 2.55. The maximum atomic E-state index is 12.1. The molecule has 3 N–H and O–H groups in total. The molecule has 0 fully saturated rings. The van der Waals surface area contributed by atoms with E-state index in [2.05, 4.69) is 31.1 Å². The van der Waals surface area contributed by atoms with Gasteiger partial charge in [-0.05, 0) is 43.3 Å². The number of anilines is 3. The second-order valence-corrected chi connectivity index (χ2v) is 5.73. The van der Waals surface area contributed by atoms with E-state index in [-0.39, 0.29) is 23.1 Å². The molecule has 0 aliphatic carbocycles. The molecule has 0 atom stereocenters. The number of aromatic nitrogens is 3. The summed E-state index contributed by atoms with van der Waals surface area (Å²) < 4.78 is 0. The minimum absolute atomic E-state index is 0.0878. The Kier molecular flexibility index (Phi) is 5.69. The van der Waals surface area contributed by atoms with E-state index >= 15 is 0 Å². The summed E-state index contributed by atoms with van der Waals surface area (Å²) in [5.74, 6) is -0.986. The van der Waals surface area contributed by atoms with Gasteiger partial charge in [0.2, 0.25) is 11.6 Å². The number of nitrogens with one attached hydrogen (secondary N) is 3. The topological polar surface area (TPSA) is 152 Å². The number of amides is 1. The highest BCUT2D eigenvalue weighted by molar-refractivity contribution is 5.94. The molecule has 11 nitrogen and oxygen atoms in total. The van der Waals surface area contributed by atoms with Crippen molar-refractivity contribution in [2.24, 2.45) is 0 Å². The second-order valence-electron chi connectivity index (χ2n) is 5.73. The van der Waals surface area contributed by atoms with Gasteiger partial charge in [0.05, 0.1) is 4.92 Å². The summed E-state index contributed by atoms with van der Waals surface area (Å²) in [6, 6.07) is 11.1. The van der Waals surface area contributed by atoms with Crippen LogP contribution in [0.15, 0.2) is 55.0 Å². The number of hydrazine groups is 1. The minimum Gasteiger partial charge on any atom is -0.334 e. The molecule has 0 saturated heterocycles. The summed E-state index contributed by atoms with van der Waals surface area (Å²) in [7, 11) is 0. The van der Waals surface area contributed by atoms with E-state index in [1.54, 1.807) is 36.4 Å². The van der Waals surface area contributed by atoms with E-state index in [0.717, 1.165) is 6.33 Å². The van der Waals surface area contributed by atoms with E-state index < -0.39 is 16.5 Å². The number of benzene rings is 1. The number of carbonyl (C=O) groups is 2. The maximum Gasteiger partial charge on any atom is 0.355 e. The van der Waals surface area contributed by atoms with E-state index in [0.29, 0.717) is 11.3 Å². The maximum absolute atomic E-state index is 12.1. The van der Waals surface area contributed by atoms with Crippen molar-refractivity contribution in [3.63, 3.8) is 0 Å². The van der Waals surface area contributed by atoms with Crippen molar-refractivity contribution in [1.82, 2.24) is 20.4 Å². The van der Waals surface area contributed by atoms with Gasteiger partial charge in [-0.3, -0.25) is 35.5 Å². The zero-order chi connectivity index (χ0) is 20.8. The van der Waals surface area contributed by atoms with Crippen LogP contribution >= 0.6 is 0 Å². The second kappa shape index (κ2) is 8.52. The Hall–Kier alpha value is -4.41. The van der Waals surface area contributed by atoms with Gasteiger partial charge in [-0.15, -0.1) is 0 Å². The Balaban J connectivity index is 1.81. The average molecular weight is 393 g/mol. The lowest BCUT2D eigenvalue weighted by Crippen LogP contribution is -2.31. The highest BCUT2D eigenvalue weighted by Crippen LogP contribution is 2.30. The number of ketones is 1. The summed E-state index contributed by atoms with van der Waals surface area (Å²) in [5.41, 5.74) is 5.39. The smallest absolute Gasteiger partial charge is 0.334 e. The van der Waals surface area contributed by atoms with Gasteiger partial charge in [0.1, 0.15) is 12.0 Å². The van der Waals surface area contributed by atoms with Crippen LogP contribution in [-0.4, -0.2) is 31.6 Å². The number of hydrogen-bond acceptors (Lipinski definition) is 9. The fourth-order valence-corrected chi connectivity index (χ4v) is 2.34. The van der Waals surface area contributed by atoms with E-state index in [4.69, 9.17) is 0 Å². The SMILES string of the molecule is CC(=O)c1ccc(Nc2ncnc(NNC(=O)c3ccccn3)c2[N+](=O)[O-])cc1. The van der Waals surface area contributed by atoms with E-state index in [1.165, 1.54) is 19.2 Å². The molecule has 2 aromatic heterocycles. The lowest BCUT2D eigenvalue weighted by atomic mass is 10.1. The predicted octanol–water partition coefficient (Wildman–Crippen LogP) is 2.48. The molecule has 3 rings (SSSR count). The highest BCUT2D eigenvalue weighted by Gasteiger charge is 2.24. The van der Waals surface area contributed by atoms with Gasteiger partial charge in [-0.25, -0.2) is 9.97 Å². The average Bonchev–Trinajstić information content (AvgIpc) is 2.73. The molecule has 0 radical (unpaired) electrons. The monoisotopic (exact) mass is 393 g/mol. The zero-order valence-corrected chi connectivity index (χ0v) is 15.1. The Labute approximate surface area is 164 Å². The van der Waals surface area contributed by atoms with Crippen LogP contribution in [0.25, 0.3) is 0 Å². The molecule has 1 amide bonds. The van der Waals surface area contributed by atoms with Crippen LogP contribution in [0.4, 0.5) is 23.0 Å². The number of nitrogens with zero attached hydrogens (tertiary/aromatic N) is 4. The van der Waals surface area contributed by atoms with Crippen molar-refractivity contribution in [3.05, 3.63) is 76.4 Å². The van der Waals surface area contributed by atoms with Gasteiger partial charge in [0.25, 0.3) is 5.91 Å². The quantitative estimate of drug-likeness (QED) is 0.312.